The summed E-state index contributed by atoms with van der Waals surface area (Å²) >= 11 is 3.38. The second-order valence-electron chi connectivity index (χ2n) is 5.52. The number of likely N-dealkylation sites (N-methyl/N-ethyl adjacent to an activating group) is 1. The molecule has 2 nitrogen and oxygen atoms in total. The lowest BCUT2D eigenvalue weighted by Gasteiger charge is -2.31. The van der Waals surface area contributed by atoms with Crippen LogP contribution in [0.15, 0.2) is 41.0 Å². The van der Waals surface area contributed by atoms with Crippen LogP contribution < -0.4 is 5.32 Å². The summed E-state index contributed by atoms with van der Waals surface area (Å²) < 4.78 is 14.5. The van der Waals surface area contributed by atoms with Crippen molar-refractivity contribution >= 4 is 15.9 Å². The van der Waals surface area contributed by atoms with Crippen molar-refractivity contribution in [2.24, 2.45) is 0 Å². The van der Waals surface area contributed by atoms with Crippen molar-refractivity contribution in [1.29, 1.82) is 0 Å². The summed E-state index contributed by atoms with van der Waals surface area (Å²) in [5, 5.41) is 3.36. The van der Waals surface area contributed by atoms with Crippen molar-refractivity contribution < 1.29 is 4.39 Å². The molecule has 1 N–H and O–H groups in total. The van der Waals surface area contributed by atoms with E-state index in [2.05, 4.69) is 32.3 Å². The molecule has 2 unspecified atom stereocenters. The zero-order valence-corrected chi connectivity index (χ0v) is 13.5. The van der Waals surface area contributed by atoms with Crippen molar-refractivity contribution in [3.63, 3.8) is 0 Å². The highest BCUT2D eigenvalue weighted by molar-refractivity contribution is 9.10. The lowest BCUT2D eigenvalue weighted by atomic mass is 9.79. The Hall–Kier alpha value is -1.26. The molecule has 1 heterocycles. The third kappa shape index (κ3) is 3.01. The second kappa shape index (κ2) is 6.24. The zero-order chi connectivity index (χ0) is 14.8. The van der Waals surface area contributed by atoms with E-state index in [0.717, 1.165) is 35.0 Å². The van der Waals surface area contributed by atoms with Gasteiger partial charge in [0.15, 0.2) is 0 Å². The number of nitrogens with zero attached hydrogens (tertiary/aromatic N) is 1. The van der Waals surface area contributed by atoms with Crippen molar-refractivity contribution in [3.8, 4) is 0 Å². The maximum atomic E-state index is 13.7. The summed E-state index contributed by atoms with van der Waals surface area (Å²) in [6.07, 6.45) is 5.16. The minimum absolute atomic E-state index is 0.0750. The Bertz CT molecular complexity index is 624. The maximum absolute atomic E-state index is 13.7. The Morgan fingerprint density at radius 3 is 3.00 bits per heavy atom. The summed E-state index contributed by atoms with van der Waals surface area (Å²) in [5.41, 5.74) is 3.45. The number of hydrogen-bond donors (Lipinski definition) is 1. The summed E-state index contributed by atoms with van der Waals surface area (Å²) in [6.45, 7) is 0. The third-order valence-corrected chi connectivity index (χ3v) is 4.65. The molecule has 3 rings (SSSR count). The first-order valence-corrected chi connectivity index (χ1v) is 8.05. The summed E-state index contributed by atoms with van der Waals surface area (Å²) in [4.78, 5) is 4.59. The van der Waals surface area contributed by atoms with E-state index >= 15 is 0 Å². The van der Waals surface area contributed by atoms with E-state index in [9.17, 15) is 4.39 Å². The first-order chi connectivity index (χ1) is 10.2. The van der Waals surface area contributed by atoms with E-state index in [1.165, 1.54) is 11.6 Å². The molecule has 21 heavy (non-hydrogen) atoms. The van der Waals surface area contributed by atoms with E-state index < -0.39 is 0 Å². The van der Waals surface area contributed by atoms with Crippen LogP contribution in [0.25, 0.3) is 0 Å². The number of nitrogens with one attached hydrogen (secondary N) is 1. The van der Waals surface area contributed by atoms with Gasteiger partial charge in [0.2, 0.25) is 0 Å². The van der Waals surface area contributed by atoms with Gasteiger partial charge in [0.25, 0.3) is 0 Å². The van der Waals surface area contributed by atoms with Crippen LogP contribution in [-0.4, -0.2) is 12.0 Å². The topological polar surface area (TPSA) is 24.9 Å². The molecule has 2 aromatic rings. The second-order valence-corrected chi connectivity index (χ2v) is 6.43. The van der Waals surface area contributed by atoms with Gasteiger partial charge in [-0.1, -0.05) is 22.0 Å². The molecule has 1 aliphatic carbocycles. The number of pyridine rings is 1. The van der Waals surface area contributed by atoms with Gasteiger partial charge in [-0.25, -0.2) is 4.39 Å². The Labute approximate surface area is 132 Å². The smallest absolute Gasteiger partial charge is 0.124 e. The standard InChI is InChI=1S/C17H18BrFN2/c1-20-16(12-8-13(18)10-14(19)9-12)15-6-2-4-11-5-3-7-21-17(11)15/h3,5,7-10,15-16,20H,2,4,6H2,1H3. The molecule has 0 amide bonds. The van der Waals surface area contributed by atoms with Crippen molar-refractivity contribution in [1.82, 2.24) is 10.3 Å². The molecule has 1 aromatic carbocycles. The number of aromatic nitrogens is 1. The number of hydrogen-bond acceptors (Lipinski definition) is 2. The fraction of sp³-hybridized carbons (Fsp3) is 0.353. The number of rotatable bonds is 3. The minimum atomic E-state index is -0.211. The SMILES string of the molecule is CNC(c1cc(F)cc(Br)c1)C1CCCc2cccnc21. The minimum Gasteiger partial charge on any atom is -0.312 e. The Kier molecular flexibility index (Phi) is 4.36. The van der Waals surface area contributed by atoms with Crippen LogP contribution in [-0.2, 0) is 6.42 Å². The lowest BCUT2D eigenvalue weighted by Crippen LogP contribution is -2.27. The van der Waals surface area contributed by atoms with Gasteiger partial charge in [0.05, 0.1) is 0 Å². The fourth-order valence-corrected chi connectivity index (χ4v) is 3.81. The van der Waals surface area contributed by atoms with Crippen LogP contribution in [0.1, 0.15) is 41.6 Å². The molecule has 0 spiro atoms. The number of fused-ring (bicyclic) bond motifs is 1. The van der Waals surface area contributed by atoms with Gasteiger partial charge >= 0.3 is 0 Å². The largest absolute Gasteiger partial charge is 0.312 e. The summed E-state index contributed by atoms with van der Waals surface area (Å²) in [5.74, 6) is 0.0744. The predicted molar refractivity (Wildman–Crippen MR) is 85.8 cm³/mol. The zero-order valence-electron chi connectivity index (χ0n) is 11.9. The summed E-state index contributed by atoms with van der Waals surface area (Å²) in [7, 11) is 1.93. The first-order valence-electron chi connectivity index (χ1n) is 7.26. The highest BCUT2D eigenvalue weighted by Crippen LogP contribution is 2.39. The molecule has 110 valence electrons. The molecular weight excluding hydrogens is 331 g/mol. The number of benzene rings is 1. The highest BCUT2D eigenvalue weighted by Gasteiger charge is 2.29. The predicted octanol–water partition coefficient (Wildman–Crippen LogP) is 4.36. The lowest BCUT2D eigenvalue weighted by molar-refractivity contribution is 0.414. The fourth-order valence-electron chi connectivity index (χ4n) is 3.32. The average Bonchev–Trinajstić information content (AvgIpc) is 2.47. The Balaban J connectivity index is 2.01. The van der Waals surface area contributed by atoms with Crippen LogP contribution in [0, 0.1) is 5.82 Å². The van der Waals surface area contributed by atoms with E-state index in [4.69, 9.17) is 0 Å². The van der Waals surface area contributed by atoms with Gasteiger partial charge in [0.1, 0.15) is 5.82 Å². The Morgan fingerprint density at radius 1 is 1.38 bits per heavy atom. The van der Waals surface area contributed by atoms with Gasteiger partial charge in [-0.05, 0) is 61.7 Å². The number of halogens is 2. The molecule has 0 saturated carbocycles. The number of aryl methyl sites for hydroxylation is 1. The molecule has 0 radical (unpaired) electrons. The van der Waals surface area contributed by atoms with E-state index in [1.807, 2.05) is 25.4 Å². The molecule has 0 fully saturated rings. The summed E-state index contributed by atoms with van der Waals surface area (Å²) in [6, 6.07) is 9.32. The quantitative estimate of drug-likeness (QED) is 0.890. The average molecular weight is 349 g/mol. The molecule has 0 saturated heterocycles. The van der Waals surface area contributed by atoms with Crippen LogP contribution in [0.2, 0.25) is 0 Å². The van der Waals surface area contributed by atoms with Gasteiger partial charge < -0.3 is 5.32 Å². The van der Waals surface area contributed by atoms with Crippen molar-refractivity contribution in [2.45, 2.75) is 31.2 Å². The molecule has 2 atom stereocenters. The molecule has 0 bridgehead atoms. The maximum Gasteiger partial charge on any atom is 0.124 e. The molecule has 1 aliphatic rings. The van der Waals surface area contributed by atoms with Crippen LogP contribution in [0.5, 0.6) is 0 Å². The monoisotopic (exact) mass is 348 g/mol. The molecular formula is C17H18BrFN2. The van der Waals surface area contributed by atoms with Gasteiger partial charge in [-0.2, -0.15) is 0 Å². The van der Waals surface area contributed by atoms with Crippen LogP contribution >= 0.6 is 15.9 Å². The first kappa shape index (κ1) is 14.7. The van der Waals surface area contributed by atoms with Gasteiger partial charge in [-0.15, -0.1) is 0 Å². The van der Waals surface area contributed by atoms with Crippen molar-refractivity contribution in [2.75, 3.05) is 7.05 Å². The van der Waals surface area contributed by atoms with E-state index in [1.54, 1.807) is 6.07 Å². The molecule has 0 aliphatic heterocycles. The van der Waals surface area contributed by atoms with Gasteiger partial charge in [-0.3, -0.25) is 4.98 Å². The van der Waals surface area contributed by atoms with Gasteiger partial charge in [0, 0.05) is 28.3 Å². The van der Waals surface area contributed by atoms with Crippen LogP contribution in [0.4, 0.5) is 4.39 Å². The highest BCUT2D eigenvalue weighted by atomic mass is 79.9. The van der Waals surface area contributed by atoms with E-state index in [0.29, 0.717) is 0 Å². The molecule has 4 heteroatoms. The normalized spacial score (nSPS) is 19.1. The Morgan fingerprint density at radius 2 is 2.24 bits per heavy atom. The molecule has 1 aromatic heterocycles. The van der Waals surface area contributed by atoms with E-state index in [-0.39, 0.29) is 17.8 Å². The van der Waals surface area contributed by atoms with Crippen molar-refractivity contribution in [3.05, 3.63) is 63.6 Å². The van der Waals surface area contributed by atoms with Crippen LogP contribution in [0.3, 0.4) is 0 Å². The third-order valence-electron chi connectivity index (χ3n) is 4.20.